The molecule has 0 heterocycles. The third-order valence-electron chi connectivity index (χ3n) is 2.77. The molecule has 2 aromatic carbocycles. The van der Waals surface area contributed by atoms with E-state index in [1.807, 2.05) is 31.2 Å². The second-order valence-electron chi connectivity index (χ2n) is 4.57. The average molecular weight is 360 g/mol. The first-order chi connectivity index (χ1) is 10.5. The molecule has 0 saturated heterocycles. The molecule has 0 atom stereocenters. The second kappa shape index (κ2) is 7.51. The molecule has 0 aliphatic heterocycles. The summed E-state index contributed by atoms with van der Waals surface area (Å²) in [5.74, 6) is -1.60. The molecular formula is C16H14BrN3O2. The maximum atomic E-state index is 11.7. The summed E-state index contributed by atoms with van der Waals surface area (Å²) < 4.78 is 0.887. The first-order valence-corrected chi connectivity index (χ1v) is 7.30. The van der Waals surface area contributed by atoms with E-state index in [2.05, 4.69) is 31.8 Å². The molecule has 0 bridgehead atoms. The standard InChI is InChI=1S/C16H14BrN3O2/c1-11-2-4-12(5-3-11)10-18-20-16(22)15(21)19-14-8-6-13(17)7-9-14/h2-10H,1H3,(H,19,21)(H,20,22)/b18-10-. The molecule has 0 radical (unpaired) electrons. The molecule has 0 aromatic heterocycles. The van der Waals surface area contributed by atoms with Gasteiger partial charge in [0.2, 0.25) is 0 Å². The normalized spacial score (nSPS) is 10.5. The molecule has 2 aromatic rings. The molecule has 2 rings (SSSR count). The van der Waals surface area contributed by atoms with Crippen molar-refractivity contribution >= 4 is 39.6 Å². The summed E-state index contributed by atoms with van der Waals surface area (Å²) in [7, 11) is 0. The largest absolute Gasteiger partial charge is 0.329 e. The van der Waals surface area contributed by atoms with Gasteiger partial charge in [-0.15, -0.1) is 0 Å². The summed E-state index contributed by atoms with van der Waals surface area (Å²) >= 11 is 3.29. The van der Waals surface area contributed by atoms with E-state index in [1.165, 1.54) is 6.21 Å². The number of nitrogens with zero attached hydrogens (tertiary/aromatic N) is 1. The molecule has 5 nitrogen and oxygen atoms in total. The van der Waals surface area contributed by atoms with Crippen LogP contribution in [0.25, 0.3) is 0 Å². The van der Waals surface area contributed by atoms with Crippen LogP contribution in [0.5, 0.6) is 0 Å². The number of hydrogen-bond acceptors (Lipinski definition) is 3. The lowest BCUT2D eigenvalue weighted by Gasteiger charge is -2.03. The van der Waals surface area contributed by atoms with Crippen LogP contribution in [0.2, 0.25) is 0 Å². The number of benzene rings is 2. The van der Waals surface area contributed by atoms with Gasteiger partial charge in [-0.05, 0) is 36.8 Å². The van der Waals surface area contributed by atoms with Crippen molar-refractivity contribution in [2.75, 3.05) is 5.32 Å². The fourth-order valence-corrected chi connectivity index (χ4v) is 1.85. The highest BCUT2D eigenvalue weighted by molar-refractivity contribution is 9.10. The third-order valence-corrected chi connectivity index (χ3v) is 3.29. The Labute approximate surface area is 136 Å². The predicted octanol–water partition coefficient (Wildman–Crippen LogP) is 2.85. The molecule has 22 heavy (non-hydrogen) atoms. The monoisotopic (exact) mass is 359 g/mol. The Kier molecular flexibility index (Phi) is 5.43. The van der Waals surface area contributed by atoms with Crippen molar-refractivity contribution in [1.29, 1.82) is 0 Å². The molecule has 0 saturated carbocycles. The highest BCUT2D eigenvalue weighted by Gasteiger charge is 2.12. The molecular weight excluding hydrogens is 346 g/mol. The average Bonchev–Trinajstić information content (AvgIpc) is 2.51. The summed E-state index contributed by atoms with van der Waals surface area (Å²) in [6.07, 6.45) is 1.48. The van der Waals surface area contributed by atoms with E-state index in [-0.39, 0.29) is 0 Å². The SMILES string of the molecule is Cc1ccc(/C=N\NC(=O)C(=O)Nc2ccc(Br)cc2)cc1. The molecule has 0 spiro atoms. The quantitative estimate of drug-likeness (QED) is 0.502. The van der Waals surface area contributed by atoms with E-state index < -0.39 is 11.8 Å². The summed E-state index contributed by atoms with van der Waals surface area (Å²) in [4.78, 5) is 23.3. The van der Waals surface area contributed by atoms with E-state index in [1.54, 1.807) is 24.3 Å². The Morgan fingerprint density at radius 3 is 2.27 bits per heavy atom. The van der Waals surface area contributed by atoms with Gasteiger partial charge in [-0.3, -0.25) is 9.59 Å². The van der Waals surface area contributed by atoms with Crippen molar-refractivity contribution < 1.29 is 9.59 Å². The van der Waals surface area contributed by atoms with Crippen LogP contribution in [0.1, 0.15) is 11.1 Å². The summed E-state index contributed by atoms with van der Waals surface area (Å²) in [5.41, 5.74) is 4.69. The number of carbonyl (C=O) groups excluding carboxylic acids is 2. The van der Waals surface area contributed by atoms with Gasteiger partial charge in [0.15, 0.2) is 0 Å². The van der Waals surface area contributed by atoms with Gasteiger partial charge in [-0.25, -0.2) is 5.43 Å². The number of aryl methyl sites for hydroxylation is 1. The molecule has 0 aliphatic rings. The molecule has 0 aliphatic carbocycles. The minimum atomic E-state index is -0.828. The lowest BCUT2D eigenvalue weighted by Crippen LogP contribution is -2.32. The lowest BCUT2D eigenvalue weighted by atomic mass is 10.2. The zero-order valence-electron chi connectivity index (χ0n) is 11.8. The van der Waals surface area contributed by atoms with Crippen molar-refractivity contribution in [3.8, 4) is 0 Å². The Morgan fingerprint density at radius 1 is 1.00 bits per heavy atom. The highest BCUT2D eigenvalue weighted by atomic mass is 79.9. The van der Waals surface area contributed by atoms with Crippen molar-refractivity contribution in [3.05, 3.63) is 64.1 Å². The molecule has 0 unspecified atom stereocenters. The topological polar surface area (TPSA) is 70.6 Å². The van der Waals surface area contributed by atoms with Crippen LogP contribution in [0.3, 0.4) is 0 Å². The van der Waals surface area contributed by atoms with Crippen LogP contribution in [0.4, 0.5) is 5.69 Å². The zero-order valence-corrected chi connectivity index (χ0v) is 13.4. The highest BCUT2D eigenvalue weighted by Crippen LogP contribution is 2.13. The first-order valence-electron chi connectivity index (χ1n) is 6.51. The fraction of sp³-hybridized carbons (Fsp3) is 0.0625. The van der Waals surface area contributed by atoms with Gasteiger partial charge in [0.05, 0.1) is 6.21 Å². The number of rotatable bonds is 3. The van der Waals surface area contributed by atoms with Crippen LogP contribution in [0.15, 0.2) is 58.1 Å². The number of hydrogen-bond donors (Lipinski definition) is 2. The Balaban J connectivity index is 1.87. The molecule has 0 fully saturated rings. The van der Waals surface area contributed by atoms with Crippen LogP contribution >= 0.6 is 15.9 Å². The van der Waals surface area contributed by atoms with Crippen molar-refractivity contribution in [3.63, 3.8) is 0 Å². The van der Waals surface area contributed by atoms with Crippen LogP contribution in [0, 0.1) is 6.92 Å². The van der Waals surface area contributed by atoms with Crippen LogP contribution < -0.4 is 10.7 Å². The minimum Gasteiger partial charge on any atom is -0.318 e. The van der Waals surface area contributed by atoms with Gasteiger partial charge in [0, 0.05) is 10.2 Å². The van der Waals surface area contributed by atoms with Crippen LogP contribution in [-0.2, 0) is 9.59 Å². The van der Waals surface area contributed by atoms with Crippen LogP contribution in [-0.4, -0.2) is 18.0 Å². The number of anilines is 1. The van der Waals surface area contributed by atoms with Gasteiger partial charge < -0.3 is 5.32 Å². The van der Waals surface area contributed by atoms with Crippen molar-refractivity contribution in [2.24, 2.45) is 5.10 Å². The number of hydrazone groups is 1. The van der Waals surface area contributed by atoms with Gasteiger partial charge in [-0.2, -0.15) is 5.10 Å². The summed E-state index contributed by atoms with van der Waals surface area (Å²) in [6.45, 7) is 1.98. The Bertz CT molecular complexity index is 694. The number of nitrogens with one attached hydrogen (secondary N) is 2. The van der Waals surface area contributed by atoms with E-state index in [0.29, 0.717) is 5.69 Å². The van der Waals surface area contributed by atoms with Gasteiger partial charge in [-0.1, -0.05) is 45.8 Å². The van der Waals surface area contributed by atoms with Crippen molar-refractivity contribution in [2.45, 2.75) is 6.92 Å². The van der Waals surface area contributed by atoms with E-state index in [4.69, 9.17) is 0 Å². The maximum absolute atomic E-state index is 11.7. The number of carbonyl (C=O) groups is 2. The molecule has 2 amide bonds. The first kappa shape index (κ1) is 15.9. The zero-order chi connectivity index (χ0) is 15.9. The Hall–Kier alpha value is -2.47. The van der Waals surface area contributed by atoms with Gasteiger partial charge in [0.25, 0.3) is 0 Å². The number of amides is 2. The summed E-state index contributed by atoms with van der Waals surface area (Å²) in [5, 5.41) is 6.23. The number of halogens is 1. The van der Waals surface area contributed by atoms with Gasteiger partial charge >= 0.3 is 11.8 Å². The summed E-state index contributed by atoms with van der Waals surface area (Å²) in [6, 6.07) is 14.5. The molecule has 6 heteroatoms. The fourth-order valence-electron chi connectivity index (χ4n) is 1.59. The van der Waals surface area contributed by atoms with Crippen molar-refractivity contribution in [1.82, 2.24) is 5.43 Å². The smallest absolute Gasteiger partial charge is 0.318 e. The lowest BCUT2D eigenvalue weighted by molar-refractivity contribution is -0.136. The van der Waals surface area contributed by atoms with Gasteiger partial charge in [0.1, 0.15) is 0 Å². The molecule has 112 valence electrons. The third kappa shape index (κ3) is 4.82. The minimum absolute atomic E-state index is 0.533. The van der Waals surface area contributed by atoms with E-state index in [0.717, 1.165) is 15.6 Å². The van der Waals surface area contributed by atoms with E-state index >= 15 is 0 Å². The Morgan fingerprint density at radius 2 is 1.64 bits per heavy atom. The second-order valence-corrected chi connectivity index (χ2v) is 5.49. The van der Waals surface area contributed by atoms with E-state index in [9.17, 15) is 9.59 Å². The maximum Gasteiger partial charge on any atom is 0.329 e. The predicted molar refractivity (Wildman–Crippen MR) is 89.7 cm³/mol. The molecule has 2 N–H and O–H groups in total.